The molecule has 0 radical (unpaired) electrons. The van der Waals surface area contributed by atoms with Gasteiger partial charge < -0.3 is 14.0 Å². The van der Waals surface area contributed by atoms with E-state index in [1.165, 1.54) is 0 Å². The molecule has 2 aromatic heterocycles. The number of likely N-dealkylation sites (tertiary alicyclic amines) is 1. The number of carbonyl (C=O) groups excluding carboxylic acids is 1. The zero-order valence-corrected chi connectivity index (χ0v) is 15.3. The van der Waals surface area contributed by atoms with E-state index in [2.05, 4.69) is 20.3 Å². The fraction of sp³-hybridized carbons (Fsp3) is 0.421. The summed E-state index contributed by atoms with van der Waals surface area (Å²) in [6, 6.07) is 9.66. The Morgan fingerprint density at radius 1 is 1.22 bits per heavy atom. The molecule has 1 fully saturated rings. The maximum Gasteiger partial charge on any atom is 0.227 e. The van der Waals surface area contributed by atoms with Crippen LogP contribution in [0.3, 0.4) is 0 Å². The van der Waals surface area contributed by atoms with Crippen molar-refractivity contribution < 1.29 is 9.32 Å². The van der Waals surface area contributed by atoms with E-state index in [1.807, 2.05) is 46.8 Å². The third-order valence-corrected chi connectivity index (χ3v) is 5.01. The Labute approximate surface area is 157 Å². The maximum atomic E-state index is 12.5. The smallest absolute Gasteiger partial charge is 0.227 e. The van der Waals surface area contributed by atoms with Crippen LogP contribution in [-0.4, -0.2) is 48.8 Å². The van der Waals surface area contributed by atoms with Crippen molar-refractivity contribution in [3.05, 3.63) is 48.4 Å². The molecule has 0 saturated carbocycles. The molecule has 1 saturated heterocycles. The molecule has 0 N–H and O–H groups in total. The van der Waals surface area contributed by atoms with Gasteiger partial charge in [-0.15, -0.1) is 10.2 Å². The molecule has 1 aromatic carbocycles. The molecule has 3 heterocycles. The standard InChI is InChI=1S/C19H22N6O2/c1-24-13-20-22-19(24)15-9-11-25(12-10-15)17(26)8-7-16-21-18(23-27-16)14-5-3-2-4-6-14/h2-6,13,15H,7-12H2,1H3. The van der Waals surface area contributed by atoms with E-state index < -0.39 is 0 Å². The number of nitrogens with zero attached hydrogens (tertiary/aromatic N) is 6. The van der Waals surface area contributed by atoms with Crippen LogP contribution >= 0.6 is 0 Å². The molecule has 0 aliphatic carbocycles. The summed E-state index contributed by atoms with van der Waals surface area (Å²) in [6.07, 6.45) is 4.39. The highest BCUT2D eigenvalue weighted by molar-refractivity contribution is 5.76. The highest BCUT2D eigenvalue weighted by atomic mass is 16.5. The normalized spacial score (nSPS) is 15.2. The Bertz CT molecular complexity index is 896. The van der Waals surface area contributed by atoms with Gasteiger partial charge in [0.2, 0.25) is 17.6 Å². The summed E-state index contributed by atoms with van der Waals surface area (Å²) in [7, 11) is 1.96. The molecular formula is C19H22N6O2. The van der Waals surface area contributed by atoms with E-state index in [4.69, 9.17) is 4.52 Å². The minimum absolute atomic E-state index is 0.130. The van der Waals surface area contributed by atoms with Crippen LogP contribution in [0.5, 0.6) is 0 Å². The summed E-state index contributed by atoms with van der Waals surface area (Å²) in [5.74, 6) is 2.55. The van der Waals surface area contributed by atoms with Crippen LogP contribution in [0.4, 0.5) is 0 Å². The summed E-state index contributed by atoms with van der Waals surface area (Å²) in [5, 5.41) is 12.1. The molecule has 140 valence electrons. The summed E-state index contributed by atoms with van der Waals surface area (Å²) in [4.78, 5) is 18.8. The molecule has 1 aliphatic rings. The molecule has 27 heavy (non-hydrogen) atoms. The molecule has 1 aliphatic heterocycles. The second-order valence-corrected chi connectivity index (χ2v) is 6.83. The first-order valence-electron chi connectivity index (χ1n) is 9.20. The Morgan fingerprint density at radius 3 is 2.70 bits per heavy atom. The molecule has 0 spiro atoms. The Hall–Kier alpha value is -3.03. The number of aryl methyl sites for hydroxylation is 2. The minimum atomic E-state index is 0.130. The Balaban J connectivity index is 1.28. The van der Waals surface area contributed by atoms with E-state index in [9.17, 15) is 4.79 Å². The SMILES string of the molecule is Cn1cnnc1C1CCN(C(=O)CCc2nc(-c3ccccc3)no2)CC1. The van der Waals surface area contributed by atoms with Crippen LogP contribution in [0, 0.1) is 0 Å². The van der Waals surface area contributed by atoms with Crippen LogP contribution in [0.2, 0.25) is 0 Å². The van der Waals surface area contributed by atoms with Gasteiger partial charge in [-0.25, -0.2) is 0 Å². The predicted octanol–water partition coefficient (Wildman–Crippen LogP) is 2.20. The van der Waals surface area contributed by atoms with Gasteiger partial charge in [0.25, 0.3) is 0 Å². The van der Waals surface area contributed by atoms with E-state index in [1.54, 1.807) is 6.33 Å². The third kappa shape index (κ3) is 3.89. The first-order valence-corrected chi connectivity index (χ1v) is 9.20. The average Bonchev–Trinajstić information content (AvgIpc) is 3.36. The molecular weight excluding hydrogens is 344 g/mol. The molecule has 0 atom stereocenters. The zero-order chi connectivity index (χ0) is 18.6. The van der Waals surface area contributed by atoms with Crippen LogP contribution in [0.25, 0.3) is 11.4 Å². The highest BCUT2D eigenvalue weighted by Gasteiger charge is 2.26. The second kappa shape index (κ2) is 7.69. The van der Waals surface area contributed by atoms with Gasteiger partial charge >= 0.3 is 0 Å². The van der Waals surface area contributed by atoms with Gasteiger partial charge in [0.1, 0.15) is 12.2 Å². The van der Waals surface area contributed by atoms with Crippen molar-refractivity contribution in [2.75, 3.05) is 13.1 Å². The molecule has 8 heteroatoms. The van der Waals surface area contributed by atoms with Gasteiger partial charge in [0, 0.05) is 44.5 Å². The van der Waals surface area contributed by atoms with E-state index in [-0.39, 0.29) is 5.91 Å². The summed E-state index contributed by atoms with van der Waals surface area (Å²) in [6.45, 7) is 1.49. The molecule has 1 amide bonds. The van der Waals surface area contributed by atoms with Crippen molar-refractivity contribution in [3.8, 4) is 11.4 Å². The summed E-state index contributed by atoms with van der Waals surface area (Å²) < 4.78 is 7.25. The number of aromatic nitrogens is 5. The first-order chi connectivity index (χ1) is 13.2. The van der Waals surface area contributed by atoms with Crippen molar-refractivity contribution in [1.82, 2.24) is 29.8 Å². The Morgan fingerprint density at radius 2 is 2.00 bits per heavy atom. The number of benzene rings is 1. The van der Waals surface area contributed by atoms with Gasteiger partial charge in [0.05, 0.1) is 0 Å². The minimum Gasteiger partial charge on any atom is -0.343 e. The lowest BCUT2D eigenvalue weighted by atomic mass is 9.95. The van der Waals surface area contributed by atoms with Crippen LogP contribution < -0.4 is 0 Å². The van der Waals surface area contributed by atoms with E-state index >= 15 is 0 Å². The first kappa shape index (κ1) is 17.4. The molecule has 3 aromatic rings. The van der Waals surface area contributed by atoms with Crippen molar-refractivity contribution >= 4 is 5.91 Å². The van der Waals surface area contributed by atoms with Gasteiger partial charge in [-0.3, -0.25) is 4.79 Å². The van der Waals surface area contributed by atoms with E-state index in [0.717, 1.165) is 37.3 Å². The number of carbonyl (C=O) groups is 1. The van der Waals surface area contributed by atoms with Crippen molar-refractivity contribution in [3.63, 3.8) is 0 Å². The molecule has 4 rings (SSSR count). The van der Waals surface area contributed by atoms with Gasteiger partial charge in [-0.2, -0.15) is 4.98 Å². The highest BCUT2D eigenvalue weighted by Crippen LogP contribution is 2.26. The number of hydrogen-bond acceptors (Lipinski definition) is 6. The van der Waals surface area contributed by atoms with E-state index in [0.29, 0.717) is 30.5 Å². The number of amides is 1. The average molecular weight is 366 g/mol. The number of hydrogen-bond donors (Lipinski definition) is 0. The van der Waals surface area contributed by atoms with Crippen molar-refractivity contribution in [2.45, 2.75) is 31.6 Å². The van der Waals surface area contributed by atoms with Gasteiger partial charge in [-0.05, 0) is 12.8 Å². The van der Waals surface area contributed by atoms with Crippen molar-refractivity contribution in [1.29, 1.82) is 0 Å². The number of rotatable bonds is 5. The summed E-state index contributed by atoms with van der Waals surface area (Å²) >= 11 is 0. The number of piperidine rings is 1. The fourth-order valence-corrected chi connectivity index (χ4v) is 3.48. The quantitative estimate of drug-likeness (QED) is 0.688. The van der Waals surface area contributed by atoms with Crippen molar-refractivity contribution in [2.24, 2.45) is 7.05 Å². The van der Waals surface area contributed by atoms with Crippen LogP contribution in [0.1, 0.15) is 36.9 Å². The summed E-state index contributed by atoms with van der Waals surface area (Å²) in [5.41, 5.74) is 0.907. The molecule has 8 nitrogen and oxygen atoms in total. The topological polar surface area (TPSA) is 89.9 Å². The van der Waals surface area contributed by atoms with Crippen LogP contribution in [-0.2, 0) is 18.3 Å². The fourth-order valence-electron chi connectivity index (χ4n) is 3.48. The predicted molar refractivity (Wildman–Crippen MR) is 97.6 cm³/mol. The van der Waals surface area contributed by atoms with Gasteiger partial charge in [0.15, 0.2) is 0 Å². The molecule has 0 bridgehead atoms. The lowest BCUT2D eigenvalue weighted by molar-refractivity contribution is -0.132. The maximum absolute atomic E-state index is 12.5. The Kier molecular flexibility index (Phi) is 4.95. The monoisotopic (exact) mass is 366 g/mol. The lowest BCUT2D eigenvalue weighted by Crippen LogP contribution is -2.38. The largest absolute Gasteiger partial charge is 0.343 e. The zero-order valence-electron chi connectivity index (χ0n) is 15.3. The third-order valence-electron chi connectivity index (χ3n) is 5.01. The molecule has 0 unspecified atom stereocenters. The lowest BCUT2D eigenvalue weighted by Gasteiger charge is -2.31. The van der Waals surface area contributed by atoms with Crippen LogP contribution in [0.15, 0.2) is 41.2 Å². The second-order valence-electron chi connectivity index (χ2n) is 6.83. The van der Waals surface area contributed by atoms with Gasteiger partial charge in [-0.1, -0.05) is 35.5 Å².